The maximum atomic E-state index is 13.2. The molecule has 0 unspecified atom stereocenters. The van der Waals surface area contributed by atoms with Gasteiger partial charge in [0.25, 0.3) is 5.91 Å². The second-order valence-corrected chi connectivity index (χ2v) is 6.26. The topological polar surface area (TPSA) is 54.5 Å². The van der Waals surface area contributed by atoms with Gasteiger partial charge in [-0.25, -0.2) is 4.98 Å². The Hall–Kier alpha value is -2.31. The van der Waals surface area contributed by atoms with Gasteiger partial charge in [0.1, 0.15) is 0 Å². The van der Waals surface area contributed by atoms with Gasteiger partial charge < -0.3 is 10.1 Å². The molecule has 1 saturated heterocycles. The molecule has 0 bridgehead atoms. The quantitative estimate of drug-likeness (QED) is 0.846. The lowest BCUT2D eigenvalue weighted by molar-refractivity contribution is -0.0449. The number of benzene rings is 1. The molecule has 1 aliphatic rings. The van der Waals surface area contributed by atoms with Gasteiger partial charge in [0, 0.05) is 37.5 Å². The van der Waals surface area contributed by atoms with Crippen molar-refractivity contribution in [2.75, 3.05) is 19.7 Å². The number of nitrogens with one attached hydrogen (secondary N) is 1. The number of amides is 1. The van der Waals surface area contributed by atoms with Crippen LogP contribution in [0, 0.1) is 5.95 Å². The van der Waals surface area contributed by atoms with Gasteiger partial charge in [-0.1, -0.05) is 30.3 Å². The molecule has 0 spiro atoms. The van der Waals surface area contributed by atoms with Crippen LogP contribution < -0.4 is 5.32 Å². The van der Waals surface area contributed by atoms with Gasteiger partial charge in [0.2, 0.25) is 5.95 Å². The Bertz CT molecular complexity index is 711. The summed E-state index contributed by atoms with van der Waals surface area (Å²) in [6, 6.07) is 12.7. The van der Waals surface area contributed by atoms with Gasteiger partial charge in [-0.3, -0.25) is 9.69 Å². The number of hydrogen-bond acceptors (Lipinski definition) is 4. The van der Waals surface area contributed by atoms with E-state index < -0.39 is 5.95 Å². The summed E-state index contributed by atoms with van der Waals surface area (Å²) in [5, 5.41) is 2.89. The van der Waals surface area contributed by atoms with Crippen LogP contribution in [0.4, 0.5) is 4.39 Å². The number of pyridine rings is 1. The summed E-state index contributed by atoms with van der Waals surface area (Å²) in [7, 11) is 0. The van der Waals surface area contributed by atoms with Crippen molar-refractivity contribution in [2.45, 2.75) is 25.6 Å². The lowest BCUT2D eigenvalue weighted by Gasteiger charge is -2.36. The van der Waals surface area contributed by atoms with Gasteiger partial charge in [-0.15, -0.1) is 0 Å². The number of rotatable bonds is 5. The van der Waals surface area contributed by atoms with E-state index in [4.69, 9.17) is 4.74 Å². The predicted molar refractivity (Wildman–Crippen MR) is 92.6 cm³/mol. The SMILES string of the molecule is C[C@H](NC(=O)c1ccnc(F)c1)[C@H]1CN(Cc2ccccc2)CCO1. The maximum absolute atomic E-state index is 13.2. The van der Waals surface area contributed by atoms with Gasteiger partial charge in [0.05, 0.1) is 18.8 Å². The summed E-state index contributed by atoms with van der Waals surface area (Å²) in [5.74, 6) is -0.985. The molecule has 3 rings (SSSR count). The van der Waals surface area contributed by atoms with Gasteiger partial charge >= 0.3 is 0 Å². The van der Waals surface area contributed by atoms with E-state index >= 15 is 0 Å². The van der Waals surface area contributed by atoms with Crippen molar-refractivity contribution in [1.29, 1.82) is 0 Å². The molecule has 1 amide bonds. The summed E-state index contributed by atoms with van der Waals surface area (Å²) < 4.78 is 19.0. The van der Waals surface area contributed by atoms with Crippen molar-refractivity contribution in [2.24, 2.45) is 0 Å². The van der Waals surface area contributed by atoms with E-state index in [0.717, 1.165) is 25.7 Å². The molecule has 5 nitrogen and oxygen atoms in total. The molecule has 132 valence electrons. The molecule has 2 aromatic rings. The molecule has 6 heteroatoms. The summed E-state index contributed by atoms with van der Waals surface area (Å²) in [4.78, 5) is 18.0. The number of nitrogens with zero attached hydrogens (tertiary/aromatic N) is 2. The average molecular weight is 343 g/mol. The number of hydrogen-bond donors (Lipinski definition) is 1. The molecule has 25 heavy (non-hydrogen) atoms. The largest absolute Gasteiger partial charge is 0.373 e. The molecule has 2 atom stereocenters. The van der Waals surface area contributed by atoms with E-state index in [9.17, 15) is 9.18 Å². The second-order valence-electron chi connectivity index (χ2n) is 6.26. The normalized spacial score (nSPS) is 19.4. The Morgan fingerprint density at radius 3 is 2.96 bits per heavy atom. The van der Waals surface area contributed by atoms with E-state index in [1.165, 1.54) is 17.8 Å². The third-order valence-electron chi connectivity index (χ3n) is 4.33. The first-order valence-electron chi connectivity index (χ1n) is 8.42. The average Bonchev–Trinajstić information content (AvgIpc) is 2.63. The molecular weight excluding hydrogens is 321 g/mol. The Morgan fingerprint density at radius 1 is 1.40 bits per heavy atom. The van der Waals surface area contributed by atoms with Crippen LogP contribution in [0.5, 0.6) is 0 Å². The Balaban J connectivity index is 1.56. The number of aromatic nitrogens is 1. The molecule has 0 aliphatic carbocycles. The molecule has 2 heterocycles. The fourth-order valence-corrected chi connectivity index (χ4v) is 2.95. The monoisotopic (exact) mass is 343 g/mol. The summed E-state index contributed by atoms with van der Waals surface area (Å²) in [6.45, 7) is 4.99. The van der Waals surface area contributed by atoms with Crippen molar-refractivity contribution < 1.29 is 13.9 Å². The number of ether oxygens (including phenoxy) is 1. The Morgan fingerprint density at radius 2 is 2.20 bits per heavy atom. The first kappa shape index (κ1) is 17.5. The second kappa shape index (κ2) is 8.18. The highest BCUT2D eigenvalue weighted by atomic mass is 19.1. The lowest BCUT2D eigenvalue weighted by Crippen LogP contribution is -2.52. The summed E-state index contributed by atoms with van der Waals surface area (Å²) in [5.41, 5.74) is 1.52. The minimum absolute atomic E-state index is 0.104. The zero-order valence-corrected chi connectivity index (χ0v) is 14.2. The van der Waals surface area contributed by atoms with Crippen LogP contribution in [0.3, 0.4) is 0 Å². The zero-order chi connectivity index (χ0) is 17.6. The molecule has 1 aromatic heterocycles. The Labute approximate surface area is 146 Å². The fraction of sp³-hybridized carbons (Fsp3) is 0.368. The predicted octanol–water partition coefficient (Wildman–Crippen LogP) is 2.24. The van der Waals surface area contributed by atoms with Crippen LogP contribution >= 0.6 is 0 Å². The standard InChI is InChI=1S/C19H22FN3O2/c1-14(22-19(24)16-7-8-21-18(20)11-16)17-13-23(9-10-25-17)12-15-5-3-2-4-6-15/h2-8,11,14,17H,9-10,12-13H2,1H3,(H,22,24)/t14-,17+/m0/s1. The number of carbonyl (C=O) groups excluding carboxylic acids is 1. The molecule has 1 fully saturated rings. The summed E-state index contributed by atoms with van der Waals surface area (Å²) in [6.07, 6.45) is 1.18. The smallest absolute Gasteiger partial charge is 0.251 e. The molecule has 1 N–H and O–H groups in total. The van der Waals surface area contributed by atoms with Crippen LogP contribution in [0.25, 0.3) is 0 Å². The molecule has 1 aliphatic heterocycles. The van der Waals surface area contributed by atoms with Crippen LogP contribution in [0.1, 0.15) is 22.8 Å². The third kappa shape index (κ3) is 4.84. The number of halogens is 1. The van der Waals surface area contributed by atoms with Gasteiger partial charge in [0.15, 0.2) is 0 Å². The molecule has 1 aromatic carbocycles. The van der Waals surface area contributed by atoms with Crippen molar-refractivity contribution in [1.82, 2.24) is 15.2 Å². The van der Waals surface area contributed by atoms with Gasteiger partial charge in [-0.05, 0) is 18.6 Å². The minimum atomic E-state index is -0.664. The van der Waals surface area contributed by atoms with E-state index in [0.29, 0.717) is 6.61 Å². The van der Waals surface area contributed by atoms with Crippen molar-refractivity contribution >= 4 is 5.91 Å². The Kier molecular flexibility index (Phi) is 5.73. The van der Waals surface area contributed by atoms with Gasteiger partial charge in [-0.2, -0.15) is 4.39 Å². The van der Waals surface area contributed by atoms with Crippen LogP contribution in [0.15, 0.2) is 48.7 Å². The fourth-order valence-electron chi connectivity index (χ4n) is 2.95. The molecular formula is C19H22FN3O2. The number of morpholine rings is 1. The van der Waals surface area contributed by atoms with E-state index in [2.05, 4.69) is 27.3 Å². The highest BCUT2D eigenvalue weighted by Crippen LogP contribution is 2.13. The highest BCUT2D eigenvalue weighted by Gasteiger charge is 2.26. The van der Waals surface area contributed by atoms with Crippen molar-refractivity contribution in [3.8, 4) is 0 Å². The lowest BCUT2D eigenvalue weighted by atomic mass is 10.1. The molecule has 0 saturated carbocycles. The summed E-state index contributed by atoms with van der Waals surface area (Å²) >= 11 is 0. The minimum Gasteiger partial charge on any atom is -0.373 e. The van der Waals surface area contributed by atoms with E-state index in [-0.39, 0.29) is 23.6 Å². The first-order valence-corrected chi connectivity index (χ1v) is 8.42. The van der Waals surface area contributed by atoms with Crippen molar-refractivity contribution in [3.63, 3.8) is 0 Å². The molecule has 0 radical (unpaired) electrons. The van der Waals surface area contributed by atoms with Crippen LogP contribution in [-0.2, 0) is 11.3 Å². The van der Waals surface area contributed by atoms with Crippen LogP contribution in [0.2, 0.25) is 0 Å². The number of carbonyl (C=O) groups is 1. The van der Waals surface area contributed by atoms with Crippen LogP contribution in [-0.4, -0.2) is 47.6 Å². The maximum Gasteiger partial charge on any atom is 0.251 e. The first-order chi connectivity index (χ1) is 12.1. The zero-order valence-electron chi connectivity index (χ0n) is 14.2. The van der Waals surface area contributed by atoms with Crippen molar-refractivity contribution in [3.05, 3.63) is 65.7 Å². The van der Waals surface area contributed by atoms with E-state index in [1.807, 2.05) is 25.1 Å². The highest BCUT2D eigenvalue weighted by molar-refractivity contribution is 5.94. The van der Waals surface area contributed by atoms with E-state index in [1.54, 1.807) is 0 Å². The third-order valence-corrected chi connectivity index (χ3v) is 4.33.